The summed E-state index contributed by atoms with van der Waals surface area (Å²) in [6.07, 6.45) is 3.84. The number of hydrogen-bond donors (Lipinski definition) is 1. The van der Waals surface area contributed by atoms with Gasteiger partial charge in [0.15, 0.2) is 0 Å². The van der Waals surface area contributed by atoms with Gasteiger partial charge >= 0.3 is 0 Å². The lowest BCUT2D eigenvalue weighted by atomic mass is 9.95. The second-order valence-electron chi connectivity index (χ2n) is 8.60. The molecule has 2 fully saturated rings. The second-order valence-corrected chi connectivity index (χ2v) is 8.60. The Hall–Kier alpha value is -3.29. The molecular weight excluding hydrogens is 406 g/mol. The van der Waals surface area contributed by atoms with Crippen LogP contribution in [0.4, 0.5) is 5.69 Å². The zero-order valence-corrected chi connectivity index (χ0v) is 18.6. The van der Waals surface area contributed by atoms with Crippen LogP contribution in [0, 0.1) is 12.8 Å². The molecule has 2 saturated heterocycles. The Bertz CT molecular complexity index is 1000. The van der Waals surface area contributed by atoms with E-state index in [0.717, 1.165) is 24.9 Å². The summed E-state index contributed by atoms with van der Waals surface area (Å²) in [4.78, 5) is 49.8. The molecule has 1 aromatic heterocycles. The summed E-state index contributed by atoms with van der Waals surface area (Å²) >= 11 is 0. The van der Waals surface area contributed by atoms with Crippen molar-refractivity contribution in [2.45, 2.75) is 39.0 Å². The van der Waals surface area contributed by atoms with Crippen molar-refractivity contribution in [1.29, 1.82) is 0 Å². The predicted molar refractivity (Wildman–Crippen MR) is 120 cm³/mol. The quantitative estimate of drug-likeness (QED) is 0.797. The normalized spacial score (nSPS) is 19.1. The van der Waals surface area contributed by atoms with Crippen LogP contribution in [-0.2, 0) is 9.59 Å². The number of aromatic nitrogens is 2. The molecule has 4 rings (SSSR count). The van der Waals surface area contributed by atoms with Gasteiger partial charge in [0.2, 0.25) is 11.8 Å². The average Bonchev–Trinajstić information content (AvgIpc) is 3.29. The Morgan fingerprint density at radius 1 is 1.00 bits per heavy atom. The molecule has 0 aliphatic carbocycles. The molecule has 0 spiro atoms. The number of rotatable bonds is 4. The molecule has 2 aliphatic rings. The lowest BCUT2D eigenvalue weighted by molar-refractivity contribution is -0.139. The number of benzene rings is 1. The first-order chi connectivity index (χ1) is 15.4. The molecule has 1 N–H and O–H groups in total. The number of nitrogens with zero attached hydrogens (tertiary/aromatic N) is 4. The average molecular weight is 436 g/mol. The number of aryl methyl sites for hydroxylation is 1. The van der Waals surface area contributed by atoms with E-state index in [1.165, 1.54) is 0 Å². The third kappa shape index (κ3) is 4.79. The summed E-state index contributed by atoms with van der Waals surface area (Å²) in [6.45, 7) is 5.98. The molecule has 0 radical (unpaired) electrons. The number of carbonyl (C=O) groups is 3. The number of hydrogen-bond acceptors (Lipinski definition) is 5. The van der Waals surface area contributed by atoms with E-state index in [-0.39, 0.29) is 29.6 Å². The molecule has 8 nitrogen and oxygen atoms in total. The van der Waals surface area contributed by atoms with E-state index < -0.39 is 0 Å². The maximum atomic E-state index is 13.0. The topological polar surface area (TPSA) is 95.5 Å². The second kappa shape index (κ2) is 9.46. The Morgan fingerprint density at radius 2 is 1.69 bits per heavy atom. The van der Waals surface area contributed by atoms with Gasteiger partial charge in [-0.1, -0.05) is 18.2 Å². The van der Waals surface area contributed by atoms with Crippen LogP contribution in [0.3, 0.4) is 0 Å². The smallest absolute Gasteiger partial charge is 0.259 e. The molecular formula is C24H29N5O3. The summed E-state index contributed by atoms with van der Waals surface area (Å²) < 4.78 is 0. The Morgan fingerprint density at radius 3 is 2.34 bits per heavy atom. The number of likely N-dealkylation sites (tertiary alicyclic amines) is 2. The highest BCUT2D eigenvalue weighted by Crippen LogP contribution is 2.28. The van der Waals surface area contributed by atoms with Gasteiger partial charge in [-0.05, 0) is 38.3 Å². The maximum absolute atomic E-state index is 13.0. The van der Waals surface area contributed by atoms with Gasteiger partial charge < -0.3 is 15.1 Å². The van der Waals surface area contributed by atoms with Crippen LogP contribution in [0.25, 0.3) is 0 Å². The van der Waals surface area contributed by atoms with E-state index in [2.05, 4.69) is 15.3 Å². The Kier molecular flexibility index (Phi) is 6.48. The van der Waals surface area contributed by atoms with Gasteiger partial charge in [-0.15, -0.1) is 0 Å². The number of piperidine rings is 1. The van der Waals surface area contributed by atoms with Crippen molar-refractivity contribution in [2.75, 3.05) is 31.5 Å². The number of amides is 3. The van der Waals surface area contributed by atoms with Gasteiger partial charge in [0.1, 0.15) is 5.82 Å². The van der Waals surface area contributed by atoms with Crippen LogP contribution in [-0.4, -0.2) is 63.7 Å². The van der Waals surface area contributed by atoms with Gasteiger partial charge in [-0.3, -0.25) is 14.4 Å². The zero-order chi connectivity index (χ0) is 22.7. The summed E-state index contributed by atoms with van der Waals surface area (Å²) in [5, 5.41) is 2.86. The van der Waals surface area contributed by atoms with Crippen LogP contribution in [0.5, 0.6) is 0 Å². The number of anilines is 1. The molecule has 32 heavy (non-hydrogen) atoms. The van der Waals surface area contributed by atoms with E-state index in [1.54, 1.807) is 13.1 Å². The number of nitrogens with one attached hydrogen (secondary N) is 1. The minimum Gasteiger partial charge on any atom is -0.343 e. The fraction of sp³-hybridized carbons (Fsp3) is 0.458. The number of para-hydroxylation sites is 1. The van der Waals surface area contributed by atoms with Gasteiger partial charge in [0.25, 0.3) is 5.91 Å². The van der Waals surface area contributed by atoms with E-state index in [4.69, 9.17) is 0 Å². The summed E-state index contributed by atoms with van der Waals surface area (Å²) in [6, 6.07) is 9.28. The van der Waals surface area contributed by atoms with Crippen molar-refractivity contribution < 1.29 is 14.4 Å². The molecule has 3 amide bonds. The molecule has 1 atom stereocenters. The van der Waals surface area contributed by atoms with E-state index in [0.29, 0.717) is 43.3 Å². The minimum atomic E-state index is -0.236. The highest BCUT2D eigenvalue weighted by Gasteiger charge is 2.34. The Labute approximate surface area is 188 Å². The molecule has 1 unspecified atom stereocenters. The zero-order valence-electron chi connectivity index (χ0n) is 18.6. The maximum Gasteiger partial charge on any atom is 0.259 e. The van der Waals surface area contributed by atoms with Crippen molar-refractivity contribution in [1.82, 2.24) is 19.8 Å². The van der Waals surface area contributed by atoms with E-state index in [9.17, 15) is 14.4 Å². The van der Waals surface area contributed by atoms with E-state index in [1.807, 2.05) is 47.1 Å². The summed E-state index contributed by atoms with van der Waals surface area (Å²) in [5.74, 6) is 0.745. The highest BCUT2D eigenvalue weighted by atomic mass is 16.2. The van der Waals surface area contributed by atoms with Gasteiger partial charge in [-0.2, -0.15) is 0 Å². The van der Waals surface area contributed by atoms with Crippen molar-refractivity contribution in [2.24, 2.45) is 5.92 Å². The van der Waals surface area contributed by atoms with E-state index >= 15 is 0 Å². The molecule has 2 aliphatic heterocycles. The fourth-order valence-corrected chi connectivity index (χ4v) is 4.50. The standard InChI is InChI=1S/C24H29N5O3/c1-16-21(23(31)27-20-6-4-3-5-7-20)14-25-22(26-16)19-10-13-29(15-19)24(32)18-8-11-28(12-9-18)17(2)30/h3-7,14,18-19H,8-13,15H2,1-2H3,(H,27,31). The first kappa shape index (κ1) is 21.9. The molecule has 2 aromatic rings. The lowest BCUT2D eigenvalue weighted by Gasteiger charge is -2.32. The third-order valence-corrected chi connectivity index (χ3v) is 6.43. The minimum absolute atomic E-state index is 0.0175. The number of carbonyl (C=O) groups excluding carboxylic acids is 3. The summed E-state index contributed by atoms with van der Waals surface area (Å²) in [5.41, 5.74) is 1.80. The van der Waals surface area contributed by atoms with Crippen molar-refractivity contribution in [3.05, 3.63) is 53.6 Å². The van der Waals surface area contributed by atoms with Crippen LogP contribution < -0.4 is 5.32 Å². The van der Waals surface area contributed by atoms with Gasteiger partial charge in [-0.25, -0.2) is 9.97 Å². The third-order valence-electron chi connectivity index (χ3n) is 6.43. The van der Waals surface area contributed by atoms with Crippen LogP contribution in [0.15, 0.2) is 36.5 Å². The first-order valence-electron chi connectivity index (χ1n) is 11.2. The highest BCUT2D eigenvalue weighted by molar-refractivity contribution is 6.04. The predicted octanol–water partition coefficient (Wildman–Crippen LogP) is 2.61. The lowest BCUT2D eigenvalue weighted by Crippen LogP contribution is -2.43. The van der Waals surface area contributed by atoms with Gasteiger partial charge in [0.05, 0.1) is 11.3 Å². The van der Waals surface area contributed by atoms with Crippen molar-refractivity contribution in [3.8, 4) is 0 Å². The monoisotopic (exact) mass is 435 g/mol. The molecule has 1 aromatic carbocycles. The molecule has 0 saturated carbocycles. The molecule has 8 heteroatoms. The molecule has 3 heterocycles. The Balaban J connectivity index is 1.36. The largest absolute Gasteiger partial charge is 0.343 e. The van der Waals surface area contributed by atoms with Crippen LogP contribution in [0.2, 0.25) is 0 Å². The molecule has 168 valence electrons. The van der Waals surface area contributed by atoms with Crippen molar-refractivity contribution in [3.63, 3.8) is 0 Å². The molecule has 0 bridgehead atoms. The first-order valence-corrected chi connectivity index (χ1v) is 11.2. The fourth-order valence-electron chi connectivity index (χ4n) is 4.50. The summed E-state index contributed by atoms with van der Waals surface area (Å²) in [7, 11) is 0. The van der Waals surface area contributed by atoms with Crippen LogP contribution in [0.1, 0.15) is 54.0 Å². The van der Waals surface area contributed by atoms with Gasteiger partial charge in [0, 0.05) is 56.8 Å². The van der Waals surface area contributed by atoms with Crippen LogP contribution >= 0.6 is 0 Å². The SMILES string of the molecule is CC(=O)N1CCC(C(=O)N2CCC(c3ncc(C(=O)Nc4ccccc4)c(C)n3)C2)CC1. The van der Waals surface area contributed by atoms with Crippen molar-refractivity contribution >= 4 is 23.4 Å².